The lowest BCUT2D eigenvalue weighted by Crippen LogP contribution is -2.50. The Balaban J connectivity index is 1.77. The van der Waals surface area contributed by atoms with Crippen LogP contribution in [0.25, 0.3) is 0 Å². The molecule has 0 saturated heterocycles. The molecule has 1 N–H and O–H groups in total. The van der Waals surface area contributed by atoms with E-state index in [1.807, 2.05) is 32.9 Å². The van der Waals surface area contributed by atoms with Gasteiger partial charge in [0.25, 0.3) is 5.91 Å². The van der Waals surface area contributed by atoms with Crippen molar-refractivity contribution in [2.45, 2.75) is 72.0 Å². The minimum atomic E-state index is -0.656. The van der Waals surface area contributed by atoms with Crippen LogP contribution in [-0.4, -0.2) is 35.4 Å². The Kier molecular flexibility index (Phi) is 8.66. The van der Waals surface area contributed by atoms with Gasteiger partial charge >= 0.3 is 0 Å². The van der Waals surface area contributed by atoms with Crippen molar-refractivity contribution in [1.82, 2.24) is 10.2 Å². The first-order chi connectivity index (χ1) is 15.7. The van der Waals surface area contributed by atoms with E-state index in [1.165, 1.54) is 0 Å². The summed E-state index contributed by atoms with van der Waals surface area (Å²) in [4.78, 5) is 27.8. The van der Waals surface area contributed by atoms with Crippen LogP contribution >= 0.6 is 23.2 Å². The van der Waals surface area contributed by atoms with Crippen LogP contribution in [0, 0.1) is 20.8 Å². The van der Waals surface area contributed by atoms with Crippen LogP contribution in [0.5, 0.6) is 5.75 Å². The molecule has 2 aromatic carbocycles. The van der Waals surface area contributed by atoms with E-state index in [0.29, 0.717) is 15.8 Å². The third-order valence-corrected chi connectivity index (χ3v) is 7.06. The maximum absolute atomic E-state index is 13.3. The number of aryl methyl sites for hydroxylation is 2. The number of carbonyl (C=O) groups excluding carboxylic acids is 2. The zero-order valence-corrected chi connectivity index (χ0v) is 21.2. The molecule has 1 atom stereocenters. The lowest BCUT2D eigenvalue weighted by atomic mass is 10.1. The molecule has 33 heavy (non-hydrogen) atoms. The van der Waals surface area contributed by atoms with Gasteiger partial charge in [-0.15, -0.1) is 0 Å². The predicted molar refractivity (Wildman–Crippen MR) is 133 cm³/mol. The monoisotopic (exact) mass is 490 g/mol. The largest absolute Gasteiger partial charge is 0.483 e. The lowest BCUT2D eigenvalue weighted by molar-refractivity contribution is -0.142. The average molecular weight is 491 g/mol. The molecule has 0 unspecified atom stereocenters. The van der Waals surface area contributed by atoms with Crippen LogP contribution in [0.15, 0.2) is 30.3 Å². The molecule has 2 amide bonds. The third kappa shape index (κ3) is 6.64. The molecular formula is C26H32Cl2N2O3. The van der Waals surface area contributed by atoms with E-state index in [9.17, 15) is 9.59 Å². The summed E-state index contributed by atoms with van der Waals surface area (Å²) in [6, 6.07) is 8.75. The summed E-state index contributed by atoms with van der Waals surface area (Å²) in [6.07, 6.45) is 4.20. The molecule has 0 bridgehead atoms. The molecule has 0 heterocycles. The number of nitrogens with zero attached hydrogens (tertiary/aromatic N) is 1. The fourth-order valence-corrected chi connectivity index (χ4v) is 4.50. The Labute approximate surface area is 206 Å². The number of benzene rings is 2. The number of halogens is 2. The van der Waals surface area contributed by atoms with Crippen molar-refractivity contribution in [2.75, 3.05) is 6.61 Å². The van der Waals surface area contributed by atoms with E-state index in [4.69, 9.17) is 27.9 Å². The summed E-state index contributed by atoms with van der Waals surface area (Å²) in [7, 11) is 0. The van der Waals surface area contributed by atoms with E-state index >= 15 is 0 Å². The van der Waals surface area contributed by atoms with Gasteiger partial charge in [-0.25, -0.2) is 0 Å². The van der Waals surface area contributed by atoms with E-state index in [1.54, 1.807) is 24.0 Å². The molecule has 1 aliphatic carbocycles. The minimum absolute atomic E-state index is 0.155. The van der Waals surface area contributed by atoms with Crippen LogP contribution in [0.3, 0.4) is 0 Å². The first kappa shape index (κ1) is 25.4. The van der Waals surface area contributed by atoms with Crippen LogP contribution in [-0.2, 0) is 16.1 Å². The molecule has 0 aliphatic heterocycles. The molecular weight excluding hydrogens is 459 g/mol. The number of ether oxygens (including phenoxy) is 1. The second kappa shape index (κ2) is 11.3. The quantitative estimate of drug-likeness (QED) is 0.510. The smallest absolute Gasteiger partial charge is 0.261 e. The van der Waals surface area contributed by atoms with Crippen molar-refractivity contribution in [3.63, 3.8) is 0 Å². The number of hydrogen-bond donors (Lipinski definition) is 1. The first-order valence-corrected chi connectivity index (χ1v) is 12.2. The Morgan fingerprint density at radius 3 is 2.45 bits per heavy atom. The van der Waals surface area contributed by atoms with E-state index < -0.39 is 6.04 Å². The SMILES string of the molecule is Cc1cc(C)c(C)c(OCC(=O)N(Cc2ccc(Cl)c(Cl)c2)[C@H](C)C(=O)NC2CCCC2)c1. The summed E-state index contributed by atoms with van der Waals surface area (Å²) in [5.41, 5.74) is 3.96. The van der Waals surface area contributed by atoms with Crippen molar-refractivity contribution in [2.24, 2.45) is 0 Å². The highest BCUT2D eigenvalue weighted by atomic mass is 35.5. The van der Waals surface area contributed by atoms with Gasteiger partial charge in [-0.05, 0) is 81.0 Å². The van der Waals surface area contributed by atoms with Gasteiger partial charge in [0.1, 0.15) is 11.8 Å². The number of hydrogen-bond acceptors (Lipinski definition) is 3. The zero-order valence-electron chi connectivity index (χ0n) is 19.7. The topological polar surface area (TPSA) is 58.6 Å². The van der Waals surface area contributed by atoms with Gasteiger partial charge in [-0.2, -0.15) is 0 Å². The summed E-state index contributed by atoms with van der Waals surface area (Å²) in [6.45, 7) is 7.80. The Bertz CT molecular complexity index is 1020. The van der Waals surface area contributed by atoms with Gasteiger partial charge in [0.15, 0.2) is 6.61 Å². The summed E-state index contributed by atoms with van der Waals surface area (Å²) in [5.74, 6) is 0.255. The first-order valence-electron chi connectivity index (χ1n) is 11.4. The average Bonchev–Trinajstić information content (AvgIpc) is 3.28. The molecule has 0 aromatic heterocycles. The van der Waals surface area contributed by atoms with E-state index in [2.05, 4.69) is 11.4 Å². The molecule has 3 rings (SSSR count). The number of amides is 2. The number of carbonyl (C=O) groups is 2. The summed E-state index contributed by atoms with van der Waals surface area (Å²) >= 11 is 12.2. The molecule has 5 nitrogen and oxygen atoms in total. The Morgan fingerprint density at radius 2 is 1.79 bits per heavy atom. The van der Waals surface area contributed by atoms with Crippen molar-refractivity contribution >= 4 is 35.0 Å². The predicted octanol–water partition coefficient (Wildman–Crippen LogP) is 5.77. The van der Waals surface area contributed by atoms with Crippen molar-refractivity contribution in [3.8, 4) is 5.75 Å². The van der Waals surface area contributed by atoms with Gasteiger partial charge in [0, 0.05) is 12.6 Å². The normalized spacial score (nSPS) is 14.7. The number of rotatable bonds is 8. The van der Waals surface area contributed by atoms with Crippen LogP contribution in [0.4, 0.5) is 0 Å². The summed E-state index contributed by atoms with van der Waals surface area (Å²) < 4.78 is 5.92. The Hall–Kier alpha value is -2.24. The molecule has 2 aromatic rings. The molecule has 1 fully saturated rings. The molecule has 7 heteroatoms. The van der Waals surface area contributed by atoms with Gasteiger partial charge in [-0.1, -0.05) is 48.2 Å². The molecule has 0 radical (unpaired) electrons. The maximum atomic E-state index is 13.3. The van der Waals surface area contributed by atoms with Gasteiger partial charge in [0.2, 0.25) is 5.91 Å². The second-order valence-corrected chi connectivity index (χ2v) is 9.74. The fraction of sp³-hybridized carbons (Fsp3) is 0.462. The van der Waals surface area contributed by atoms with Crippen LogP contribution in [0.1, 0.15) is 54.9 Å². The van der Waals surface area contributed by atoms with Gasteiger partial charge in [0.05, 0.1) is 10.0 Å². The highest BCUT2D eigenvalue weighted by Gasteiger charge is 2.29. The number of nitrogens with one attached hydrogen (secondary N) is 1. The minimum Gasteiger partial charge on any atom is -0.483 e. The van der Waals surface area contributed by atoms with E-state index in [0.717, 1.165) is 47.9 Å². The highest BCUT2D eigenvalue weighted by molar-refractivity contribution is 6.42. The zero-order chi connectivity index (χ0) is 24.1. The van der Waals surface area contributed by atoms with Crippen molar-refractivity contribution < 1.29 is 14.3 Å². The molecule has 1 saturated carbocycles. The van der Waals surface area contributed by atoms with Gasteiger partial charge in [-0.3, -0.25) is 9.59 Å². The second-order valence-electron chi connectivity index (χ2n) is 8.93. The van der Waals surface area contributed by atoms with E-state index in [-0.39, 0.29) is 31.0 Å². The van der Waals surface area contributed by atoms with Gasteiger partial charge < -0.3 is 15.0 Å². The fourth-order valence-electron chi connectivity index (χ4n) is 4.18. The highest BCUT2D eigenvalue weighted by Crippen LogP contribution is 2.25. The molecule has 0 spiro atoms. The Morgan fingerprint density at radius 1 is 1.09 bits per heavy atom. The van der Waals surface area contributed by atoms with Crippen LogP contribution < -0.4 is 10.1 Å². The van der Waals surface area contributed by atoms with Crippen molar-refractivity contribution in [1.29, 1.82) is 0 Å². The maximum Gasteiger partial charge on any atom is 0.261 e. The van der Waals surface area contributed by atoms with Crippen molar-refractivity contribution in [3.05, 3.63) is 62.6 Å². The molecule has 178 valence electrons. The standard InChI is InChI=1S/C26H32Cl2N2O3/c1-16-11-17(2)18(3)24(12-16)33-15-25(31)30(14-20-9-10-22(27)23(28)13-20)19(4)26(32)29-21-7-5-6-8-21/h9-13,19,21H,5-8,14-15H2,1-4H3,(H,29,32)/t19-/m1/s1. The third-order valence-electron chi connectivity index (χ3n) is 6.32. The van der Waals surface area contributed by atoms with Crippen LogP contribution in [0.2, 0.25) is 10.0 Å². The lowest BCUT2D eigenvalue weighted by Gasteiger charge is -2.30. The molecule has 1 aliphatic rings. The summed E-state index contributed by atoms with van der Waals surface area (Å²) in [5, 5.41) is 3.95.